The third-order valence-electron chi connectivity index (χ3n) is 3.55. The van der Waals surface area contributed by atoms with E-state index < -0.39 is 0 Å². The van der Waals surface area contributed by atoms with Crippen LogP contribution in [0.25, 0.3) is 0 Å². The molecule has 19 heavy (non-hydrogen) atoms. The maximum Gasteiger partial charge on any atom is 0.0411 e. The number of nitrogens with one attached hydrogen (secondary N) is 1. The fourth-order valence-corrected chi connectivity index (χ4v) is 2.40. The molecule has 2 nitrogen and oxygen atoms in total. The highest BCUT2D eigenvalue weighted by molar-refractivity contribution is 5.48. The monoisotopic (exact) mass is 262 g/mol. The number of hydrogen-bond donors (Lipinski definition) is 1. The average Bonchev–Trinajstić information content (AvgIpc) is 2.39. The molecule has 0 aliphatic carbocycles. The molecule has 0 aliphatic rings. The summed E-state index contributed by atoms with van der Waals surface area (Å²) in [6, 6.07) is 9.46. The van der Waals surface area contributed by atoms with Gasteiger partial charge in [-0.15, -0.1) is 0 Å². The van der Waals surface area contributed by atoms with Crippen molar-refractivity contribution in [2.75, 3.05) is 24.5 Å². The number of rotatable bonds is 8. The van der Waals surface area contributed by atoms with Gasteiger partial charge in [-0.05, 0) is 44.9 Å². The number of likely N-dealkylation sites (N-methyl/N-ethyl adjacent to an activating group) is 1. The predicted molar refractivity (Wildman–Crippen MR) is 86.0 cm³/mol. The topological polar surface area (TPSA) is 15.3 Å². The lowest BCUT2D eigenvalue weighted by atomic mass is 10.1. The highest BCUT2D eigenvalue weighted by Crippen LogP contribution is 2.18. The van der Waals surface area contributed by atoms with Crippen molar-refractivity contribution < 1.29 is 0 Å². The van der Waals surface area contributed by atoms with Crippen molar-refractivity contribution in [1.82, 2.24) is 5.32 Å². The Balaban J connectivity index is 2.66. The Hall–Kier alpha value is -1.02. The first-order chi connectivity index (χ1) is 9.08. The second-order valence-electron chi connectivity index (χ2n) is 5.74. The number of nitrogens with zero attached hydrogens (tertiary/aromatic N) is 1. The summed E-state index contributed by atoms with van der Waals surface area (Å²) in [5.74, 6) is 0.715. The van der Waals surface area contributed by atoms with Crippen LogP contribution in [0.2, 0.25) is 0 Å². The molecule has 0 spiro atoms. The molecule has 0 bridgehead atoms. The SMILES string of the molecule is CCC(CNCC(C)C)N(CC)c1ccc(C)cc1. The van der Waals surface area contributed by atoms with E-state index in [9.17, 15) is 0 Å². The zero-order valence-corrected chi connectivity index (χ0v) is 13.2. The fraction of sp³-hybridized carbons (Fsp3) is 0.647. The Bertz CT molecular complexity index is 343. The minimum Gasteiger partial charge on any atom is -0.368 e. The molecule has 1 N–H and O–H groups in total. The number of hydrogen-bond acceptors (Lipinski definition) is 2. The van der Waals surface area contributed by atoms with Gasteiger partial charge >= 0.3 is 0 Å². The third kappa shape index (κ3) is 5.23. The molecule has 1 atom stereocenters. The standard InChI is InChI=1S/C17H30N2/c1-6-16(13-18-12-14(3)4)19(7-2)17-10-8-15(5)9-11-17/h8-11,14,16,18H,6-7,12-13H2,1-5H3. The normalized spacial score (nSPS) is 12.7. The molecule has 1 aromatic carbocycles. The van der Waals surface area contributed by atoms with Crippen LogP contribution in [0.4, 0.5) is 5.69 Å². The van der Waals surface area contributed by atoms with Crippen LogP contribution < -0.4 is 10.2 Å². The number of anilines is 1. The summed E-state index contributed by atoms with van der Waals surface area (Å²) in [4.78, 5) is 2.51. The van der Waals surface area contributed by atoms with E-state index in [0.29, 0.717) is 12.0 Å². The van der Waals surface area contributed by atoms with E-state index in [-0.39, 0.29) is 0 Å². The maximum atomic E-state index is 3.59. The van der Waals surface area contributed by atoms with Crippen molar-refractivity contribution in [2.24, 2.45) is 5.92 Å². The predicted octanol–water partition coefficient (Wildman–Crippen LogP) is 3.85. The van der Waals surface area contributed by atoms with Gasteiger partial charge in [0.05, 0.1) is 0 Å². The van der Waals surface area contributed by atoms with Crippen LogP contribution in [-0.4, -0.2) is 25.7 Å². The lowest BCUT2D eigenvalue weighted by molar-refractivity contribution is 0.487. The maximum absolute atomic E-state index is 3.59. The van der Waals surface area contributed by atoms with E-state index in [1.165, 1.54) is 17.7 Å². The van der Waals surface area contributed by atoms with Crippen LogP contribution in [-0.2, 0) is 0 Å². The van der Waals surface area contributed by atoms with Crippen LogP contribution in [0.3, 0.4) is 0 Å². The highest BCUT2D eigenvalue weighted by atomic mass is 15.2. The molecule has 1 unspecified atom stereocenters. The van der Waals surface area contributed by atoms with Gasteiger partial charge in [0.15, 0.2) is 0 Å². The molecule has 1 rings (SSSR count). The Morgan fingerprint density at radius 1 is 1.05 bits per heavy atom. The van der Waals surface area contributed by atoms with Crippen LogP contribution in [0, 0.1) is 12.8 Å². The summed E-state index contributed by atoms with van der Waals surface area (Å²) in [6.45, 7) is 14.4. The molecule has 108 valence electrons. The summed E-state index contributed by atoms with van der Waals surface area (Å²) < 4.78 is 0. The van der Waals surface area contributed by atoms with E-state index in [2.05, 4.69) is 69.1 Å². The molecule has 0 heterocycles. The van der Waals surface area contributed by atoms with Crippen LogP contribution >= 0.6 is 0 Å². The highest BCUT2D eigenvalue weighted by Gasteiger charge is 2.15. The molecule has 0 aliphatic heterocycles. The van der Waals surface area contributed by atoms with E-state index in [1.807, 2.05) is 0 Å². The molecule has 1 aromatic rings. The van der Waals surface area contributed by atoms with Crippen LogP contribution in [0.5, 0.6) is 0 Å². The average molecular weight is 262 g/mol. The van der Waals surface area contributed by atoms with Gasteiger partial charge in [0.25, 0.3) is 0 Å². The third-order valence-corrected chi connectivity index (χ3v) is 3.55. The molecule has 0 radical (unpaired) electrons. The largest absolute Gasteiger partial charge is 0.368 e. The Morgan fingerprint density at radius 2 is 1.68 bits per heavy atom. The van der Waals surface area contributed by atoms with Gasteiger partial charge in [-0.2, -0.15) is 0 Å². The zero-order valence-electron chi connectivity index (χ0n) is 13.2. The summed E-state index contributed by atoms with van der Waals surface area (Å²) in [5.41, 5.74) is 2.66. The minimum atomic E-state index is 0.575. The quantitative estimate of drug-likeness (QED) is 0.765. The summed E-state index contributed by atoms with van der Waals surface area (Å²) >= 11 is 0. The molecule has 0 aromatic heterocycles. The van der Waals surface area contributed by atoms with Gasteiger partial charge in [-0.25, -0.2) is 0 Å². The van der Waals surface area contributed by atoms with Crippen LogP contribution in [0.15, 0.2) is 24.3 Å². The molecular weight excluding hydrogens is 232 g/mol. The fourth-order valence-electron chi connectivity index (χ4n) is 2.40. The lowest BCUT2D eigenvalue weighted by Crippen LogP contribution is -2.43. The molecule has 0 saturated heterocycles. The van der Waals surface area contributed by atoms with E-state index in [4.69, 9.17) is 0 Å². The molecule has 0 fully saturated rings. The number of aryl methyl sites for hydroxylation is 1. The van der Waals surface area contributed by atoms with E-state index in [0.717, 1.165) is 19.6 Å². The summed E-state index contributed by atoms with van der Waals surface area (Å²) in [6.07, 6.45) is 1.17. The van der Waals surface area contributed by atoms with Crippen LogP contribution in [0.1, 0.15) is 39.7 Å². The first kappa shape index (κ1) is 16.0. The zero-order chi connectivity index (χ0) is 14.3. The van der Waals surface area contributed by atoms with Crippen molar-refractivity contribution in [3.05, 3.63) is 29.8 Å². The van der Waals surface area contributed by atoms with Crippen molar-refractivity contribution in [2.45, 2.75) is 47.1 Å². The molecule has 0 saturated carbocycles. The van der Waals surface area contributed by atoms with Crippen molar-refractivity contribution >= 4 is 5.69 Å². The Morgan fingerprint density at radius 3 is 2.16 bits per heavy atom. The Kier molecular flexibility index (Phi) is 6.93. The molecular formula is C17H30N2. The minimum absolute atomic E-state index is 0.575. The first-order valence-electron chi connectivity index (χ1n) is 7.62. The van der Waals surface area contributed by atoms with Crippen molar-refractivity contribution in [3.8, 4) is 0 Å². The van der Waals surface area contributed by atoms with Gasteiger partial charge in [0, 0.05) is 24.8 Å². The van der Waals surface area contributed by atoms with Gasteiger partial charge in [-0.3, -0.25) is 0 Å². The number of benzene rings is 1. The second kappa shape index (κ2) is 8.21. The van der Waals surface area contributed by atoms with Gasteiger partial charge in [0.1, 0.15) is 0 Å². The van der Waals surface area contributed by atoms with E-state index in [1.54, 1.807) is 0 Å². The van der Waals surface area contributed by atoms with Gasteiger partial charge in [-0.1, -0.05) is 38.5 Å². The Labute approximate surface area is 119 Å². The van der Waals surface area contributed by atoms with Gasteiger partial charge < -0.3 is 10.2 Å². The second-order valence-corrected chi connectivity index (χ2v) is 5.74. The van der Waals surface area contributed by atoms with Crippen molar-refractivity contribution in [3.63, 3.8) is 0 Å². The van der Waals surface area contributed by atoms with Crippen molar-refractivity contribution in [1.29, 1.82) is 0 Å². The molecule has 2 heteroatoms. The first-order valence-corrected chi connectivity index (χ1v) is 7.62. The smallest absolute Gasteiger partial charge is 0.0411 e. The molecule has 0 amide bonds. The summed E-state index contributed by atoms with van der Waals surface area (Å²) in [5, 5.41) is 3.59. The lowest BCUT2D eigenvalue weighted by Gasteiger charge is -2.33. The van der Waals surface area contributed by atoms with Gasteiger partial charge in [0.2, 0.25) is 0 Å². The summed E-state index contributed by atoms with van der Waals surface area (Å²) in [7, 11) is 0. The van der Waals surface area contributed by atoms with E-state index >= 15 is 0 Å².